The Morgan fingerprint density at radius 3 is 1.46 bits per heavy atom. The van der Waals surface area contributed by atoms with Gasteiger partial charge in [-0.1, -0.05) is 194 Å². The van der Waals surface area contributed by atoms with Crippen molar-refractivity contribution in [3.63, 3.8) is 0 Å². The smallest absolute Gasteiger partial charge is 0.159 e. The average Bonchev–Trinajstić information content (AvgIpc) is 4.00. The summed E-state index contributed by atoms with van der Waals surface area (Å²) in [4.78, 5) is 4.69. The van der Waals surface area contributed by atoms with Crippen LogP contribution in [-0.4, -0.2) is 0 Å². The van der Waals surface area contributed by atoms with Crippen molar-refractivity contribution in [1.29, 1.82) is 0 Å². The molecule has 0 unspecified atom stereocenters. The number of furan rings is 2. The third kappa shape index (κ3) is 6.69. The van der Waals surface area contributed by atoms with Crippen LogP contribution in [0.5, 0.6) is 0 Å². The fourth-order valence-electron chi connectivity index (χ4n) is 10.1. The first-order valence-corrected chi connectivity index (χ1v) is 23.1. The van der Waals surface area contributed by atoms with E-state index >= 15 is 0 Å². The summed E-state index contributed by atoms with van der Waals surface area (Å²) in [5, 5.41) is 6.66. The molecule has 0 amide bonds. The van der Waals surface area contributed by atoms with Crippen LogP contribution in [0.25, 0.3) is 88.0 Å². The van der Waals surface area contributed by atoms with E-state index in [4.69, 9.17) is 8.83 Å². The monoisotopic (exact) mass is 870 g/mol. The third-order valence-corrected chi connectivity index (χ3v) is 13.2. The van der Waals surface area contributed by atoms with E-state index in [2.05, 4.69) is 252 Å². The van der Waals surface area contributed by atoms with Crippen molar-refractivity contribution in [3.8, 4) is 33.4 Å². The summed E-state index contributed by atoms with van der Waals surface area (Å²) in [5.41, 5.74) is 16.2. The minimum atomic E-state index is 0.830. The maximum absolute atomic E-state index is 7.05. The number of benzene rings is 11. The average molecular weight is 871 g/mol. The molecule has 0 aliphatic carbocycles. The van der Waals surface area contributed by atoms with Crippen LogP contribution >= 0.6 is 0 Å². The summed E-state index contributed by atoms with van der Waals surface area (Å²) < 4.78 is 13.8. The highest BCUT2D eigenvalue weighted by molar-refractivity contribution is 6.14. The van der Waals surface area contributed by atoms with Crippen molar-refractivity contribution >= 4 is 88.8 Å². The number of hydrogen-bond acceptors (Lipinski definition) is 4. The summed E-state index contributed by atoms with van der Waals surface area (Å²) in [6, 6.07) is 90.4. The van der Waals surface area contributed by atoms with Crippen LogP contribution in [-0.2, 0) is 0 Å². The standard InChI is InChI=1S/C64H42N2O2/c1-3-17-43(18-4-1)44-37-39-49(40-38-44)65(59-34-16-32-57-56-30-14-29-53(62(56)68-64(57)59)46-19-5-2-6-20-46)50-25-11-23-47(41-50)48-24-12-26-51(42-48)66(58-33-13-22-45-21-7-8-27-52(45)58)60-35-15-31-55-54-28-9-10-36-61(54)67-63(55)60/h1-42H. The number of anilines is 6. The van der Waals surface area contributed by atoms with Gasteiger partial charge in [-0.3, -0.25) is 0 Å². The van der Waals surface area contributed by atoms with Crippen LogP contribution in [0, 0.1) is 0 Å². The fourth-order valence-corrected chi connectivity index (χ4v) is 10.1. The normalized spacial score (nSPS) is 11.5. The largest absolute Gasteiger partial charge is 0.454 e. The highest BCUT2D eigenvalue weighted by atomic mass is 16.3. The highest BCUT2D eigenvalue weighted by Gasteiger charge is 2.24. The maximum Gasteiger partial charge on any atom is 0.159 e. The Bertz CT molecular complexity index is 3980. The van der Waals surface area contributed by atoms with Crippen LogP contribution in [0.4, 0.5) is 34.1 Å². The van der Waals surface area contributed by atoms with E-state index in [1.807, 2.05) is 12.1 Å². The molecule has 0 atom stereocenters. The molecule has 0 saturated heterocycles. The molecule has 68 heavy (non-hydrogen) atoms. The molecule has 320 valence electrons. The van der Waals surface area contributed by atoms with Gasteiger partial charge in [0.15, 0.2) is 11.2 Å². The number of rotatable bonds is 9. The van der Waals surface area contributed by atoms with E-state index in [1.54, 1.807) is 0 Å². The van der Waals surface area contributed by atoms with Gasteiger partial charge >= 0.3 is 0 Å². The summed E-state index contributed by atoms with van der Waals surface area (Å²) >= 11 is 0. The lowest BCUT2D eigenvalue weighted by Gasteiger charge is -2.28. The van der Waals surface area contributed by atoms with Crippen LogP contribution < -0.4 is 9.80 Å². The molecule has 2 heterocycles. The third-order valence-electron chi connectivity index (χ3n) is 13.2. The predicted octanol–water partition coefficient (Wildman–Crippen LogP) is 18.6. The van der Waals surface area contributed by atoms with Crippen molar-refractivity contribution < 1.29 is 8.83 Å². The Balaban J connectivity index is 0.979. The van der Waals surface area contributed by atoms with Gasteiger partial charge in [0.1, 0.15) is 11.2 Å². The lowest BCUT2D eigenvalue weighted by atomic mass is 10.0. The lowest BCUT2D eigenvalue weighted by molar-refractivity contribution is 0.669. The molecule has 0 fully saturated rings. The first-order chi connectivity index (χ1) is 33.7. The topological polar surface area (TPSA) is 32.8 Å². The van der Waals surface area contributed by atoms with Gasteiger partial charge in [-0.25, -0.2) is 0 Å². The highest BCUT2D eigenvalue weighted by Crippen LogP contribution is 2.47. The second-order valence-electron chi connectivity index (χ2n) is 17.2. The zero-order valence-electron chi connectivity index (χ0n) is 37.0. The van der Waals surface area contributed by atoms with Gasteiger partial charge in [0, 0.05) is 49.6 Å². The molecule has 0 bridgehead atoms. The van der Waals surface area contributed by atoms with Gasteiger partial charge in [0.05, 0.1) is 17.1 Å². The molecule has 0 N–H and O–H groups in total. The van der Waals surface area contributed by atoms with E-state index in [1.165, 1.54) is 10.9 Å². The van der Waals surface area contributed by atoms with E-state index in [-0.39, 0.29) is 0 Å². The number of nitrogens with zero attached hydrogens (tertiary/aromatic N) is 2. The number of fused-ring (bicyclic) bond motifs is 7. The zero-order chi connectivity index (χ0) is 45.0. The molecule has 2 aromatic heterocycles. The minimum Gasteiger partial charge on any atom is -0.454 e. The van der Waals surface area contributed by atoms with Crippen LogP contribution in [0.2, 0.25) is 0 Å². The SMILES string of the molecule is c1ccc(-c2ccc(N(c3cccc(-c4cccc(N(c5cccc6ccccc56)c5cccc6c5oc5ccccc56)c4)c3)c3cccc4c3oc3c(-c5ccccc5)cccc34)cc2)cc1. The first-order valence-electron chi connectivity index (χ1n) is 23.1. The van der Waals surface area contributed by atoms with Crippen molar-refractivity contribution in [3.05, 3.63) is 255 Å². The number of para-hydroxylation sites is 4. The maximum atomic E-state index is 7.05. The van der Waals surface area contributed by atoms with Gasteiger partial charge in [-0.15, -0.1) is 0 Å². The zero-order valence-corrected chi connectivity index (χ0v) is 37.0. The molecule has 11 aromatic carbocycles. The molecule has 4 heteroatoms. The fraction of sp³-hybridized carbons (Fsp3) is 0. The van der Waals surface area contributed by atoms with Gasteiger partial charge < -0.3 is 18.6 Å². The molecule has 0 aliphatic rings. The van der Waals surface area contributed by atoms with Crippen LogP contribution in [0.1, 0.15) is 0 Å². The quantitative estimate of drug-likeness (QED) is 0.145. The van der Waals surface area contributed by atoms with Crippen molar-refractivity contribution in [1.82, 2.24) is 0 Å². The van der Waals surface area contributed by atoms with E-state index in [9.17, 15) is 0 Å². The van der Waals surface area contributed by atoms with Gasteiger partial charge in [0.25, 0.3) is 0 Å². The molecule has 4 nitrogen and oxygen atoms in total. The summed E-state index contributed by atoms with van der Waals surface area (Å²) in [6.07, 6.45) is 0. The van der Waals surface area contributed by atoms with Gasteiger partial charge in [-0.05, 0) is 93.9 Å². The molecule has 13 aromatic rings. The predicted molar refractivity (Wildman–Crippen MR) is 284 cm³/mol. The van der Waals surface area contributed by atoms with Crippen molar-refractivity contribution in [2.45, 2.75) is 0 Å². The molecule has 0 radical (unpaired) electrons. The van der Waals surface area contributed by atoms with E-state index in [0.717, 1.165) is 111 Å². The molecule has 0 aliphatic heterocycles. The summed E-state index contributed by atoms with van der Waals surface area (Å²) in [7, 11) is 0. The molecule has 0 spiro atoms. The Labute approximate surface area is 393 Å². The Hall–Kier alpha value is -9.12. The van der Waals surface area contributed by atoms with Crippen molar-refractivity contribution in [2.24, 2.45) is 0 Å². The molecular formula is C64H42N2O2. The van der Waals surface area contributed by atoms with Crippen molar-refractivity contribution in [2.75, 3.05) is 9.80 Å². The van der Waals surface area contributed by atoms with Gasteiger partial charge in [-0.2, -0.15) is 0 Å². The van der Waals surface area contributed by atoms with Gasteiger partial charge in [0.2, 0.25) is 0 Å². The van der Waals surface area contributed by atoms with Crippen LogP contribution in [0.15, 0.2) is 264 Å². The Kier molecular flexibility index (Phi) is 9.47. The van der Waals surface area contributed by atoms with E-state index < -0.39 is 0 Å². The molecule has 0 saturated carbocycles. The second kappa shape index (κ2) is 16.4. The van der Waals surface area contributed by atoms with E-state index in [0.29, 0.717) is 0 Å². The van der Waals surface area contributed by atoms with Crippen LogP contribution in [0.3, 0.4) is 0 Å². The molecule has 13 rings (SSSR count). The second-order valence-corrected chi connectivity index (χ2v) is 17.2. The minimum absolute atomic E-state index is 0.830. The first kappa shape index (κ1) is 39.3. The number of hydrogen-bond donors (Lipinski definition) is 0. The lowest BCUT2D eigenvalue weighted by Crippen LogP contribution is -2.11. The summed E-state index contributed by atoms with van der Waals surface area (Å²) in [5.74, 6) is 0. The summed E-state index contributed by atoms with van der Waals surface area (Å²) in [6.45, 7) is 0. The Morgan fingerprint density at radius 2 is 0.721 bits per heavy atom. The molecular weight excluding hydrogens is 829 g/mol. The Morgan fingerprint density at radius 1 is 0.250 bits per heavy atom.